The Morgan fingerprint density at radius 2 is 1.80 bits per heavy atom. The highest BCUT2D eigenvalue weighted by atomic mass is 79.9. The van der Waals surface area contributed by atoms with Gasteiger partial charge >= 0.3 is 0 Å². The van der Waals surface area contributed by atoms with Crippen molar-refractivity contribution in [1.29, 1.82) is 0 Å². The smallest absolute Gasteiger partial charge is 0.0348 e. The lowest BCUT2D eigenvalue weighted by molar-refractivity contribution is 0.422. The molecule has 1 nitrogen and oxygen atoms in total. The third-order valence-corrected chi connectivity index (χ3v) is 5.84. The predicted octanol–water partition coefficient (Wildman–Crippen LogP) is 6.23. The van der Waals surface area contributed by atoms with Crippen molar-refractivity contribution >= 4 is 21.6 Å². The van der Waals surface area contributed by atoms with E-state index in [0.717, 1.165) is 5.92 Å². The number of hydrogen-bond acceptors (Lipinski definition) is 1. The quantitative estimate of drug-likeness (QED) is 0.642. The zero-order valence-electron chi connectivity index (χ0n) is 13.1. The molecule has 0 bridgehead atoms. The minimum atomic E-state index is 0.664. The summed E-state index contributed by atoms with van der Waals surface area (Å²) in [6.45, 7) is 6.66. The Labute approximate surface area is 132 Å². The molecule has 1 aromatic carbocycles. The molecule has 0 heterocycles. The second kappa shape index (κ2) is 7.49. The van der Waals surface area contributed by atoms with Gasteiger partial charge < -0.3 is 5.32 Å². The van der Waals surface area contributed by atoms with Gasteiger partial charge in [0.1, 0.15) is 0 Å². The zero-order chi connectivity index (χ0) is 14.5. The van der Waals surface area contributed by atoms with Gasteiger partial charge in [0, 0.05) is 16.2 Å². The highest BCUT2D eigenvalue weighted by Crippen LogP contribution is 2.30. The Balaban J connectivity index is 1.96. The minimum Gasteiger partial charge on any atom is -0.382 e. The van der Waals surface area contributed by atoms with Gasteiger partial charge in [-0.05, 0) is 62.3 Å². The van der Waals surface area contributed by atoms with E-state index in [1.165, 1.54) is 66.2 Å². The van der Waals surface area contributed by atoms with Gasteiger partial charge in [0.15, 0.2) is 0 Å². The first-order valence-corrected chi connectivity index (χ1v) is 8.92. The van der Waals surface area contributed by atoms with Gasteiger partial charge in [0.05, 0.1) is 0 Å². The summed E-state index contributed by atoms with van der Waals surface area (Å²) in [5, 5.41) is 3.77. The van der Waals surface area contributed by atoms with Crippen molar-refractivity contribution in [1.82, 2.24) is 0 Å². The molecule has 1 fully saturated rings. The Hall–Kier alpha value is -0.500. The van der Waals surface area contributed by atoms with Gasteiger partial charge in [-0.3, -0.25) is 0 Å². The molecule has 0 spiro atoms. The van der Waals surface area contributed by atoms with E-state index in [1.54, 1.807) is 0 Å². The molecule has 20 heavy (non-hydrogen) atoms. The van der Waals surface area contributed by atoms with Gasteiger partial charge in [0.25, 0.3) is 0 Å². The summed E-state index contributed by atoms with van der Waals surface area (Å²) in [5.74, 6) is 0.972. The van der Waals surface area contributed by atoms with E-state index >= 15 is 0 Å². The monoisotopic (exact) mass is 337 g/mol. The minimum absolute atomic E-state index is 0.664. The number of rotatable bonds is 4. The van der Waals surface area contributed by atoms with Crippen LogP contribution in [0, 0.1) is 19.8 Å². The van der Waals surface area contributed by atoms with Gasteiger partial charge in [-0.2, -0.15) is 0 Å². The fourth-order valence-electron chi connectivity index (χ4n) is 3.48. The summed E-state index contributed by atoms with van der Waals surface area (Å²) in [4.78, 5) is 0. The van der Waals surface area contributed by atoms with E-state index in [4.69, 9.17) is 0 Å². The van der Waals surface area contributed by atoms with Crippen LogP contribution in [0.1, 0.15) is 63.0 Å². The maximum atomic E-state index is 3.77. The number of anilines is 1. The van der Waals surface area contributed by atoms with Gasteiger partial charge in [-0.25, -0.2) is 0 Å². The van der Waals surface area contributed by atoms with Gasteiger partial charge in [0.2, 0.25) is 0 Å². The number of nitrogens with one attached hydrogen (secondary N) is 1. The molecule has 0 amide bonds. The van der Waals surface area contributed by atoms with Crippen LogP contribution in [-0.2, 0) is 0 Å². The first-order valence-electron chi connectivity index (χ1n) is 8.13. The van der Waals surface area contributed by atoms with E-state index in [1.807, 2.05) is 0 Å². The Morgan fingerprint density at radius 1 is 1.10 bits per heavy atom. The van der Waals surface area contributed by atoms with Crippen molar-refractivity contribution in [3.63, 3.8) is 0 Å². The summed E-state index contributed by atoms with van der Waals surface area (Å²) in [6, 6.07) is 5.20. The molecule has 1 N–H and O–H groups in total. The third kappa shape index (κ3) is 4.25. The second-order valence-electron chi connectivity index (χ2n) is 6.43. The number of aryl methyl sites for hydroxylation is 2. The lowest BCUT2D eigenvalue weighted by Crippen LogP contribution is -2.18. The molecule has 2 heteroatoms. The molecule has 0 aliphatic heterocycles. The molecule has 2 unspecified atom stereocenters. The Morgan fingerprint density at radius 3 is 2.45 bits per heavy atom. The van der Waals surface area contributed by atoms with Crippen LogP contribution in [0.2, 0.25) is 0 Å². The molecule has 0 radical (unpaired) electrons. The van der Waals surface area contributed by atoms with E-state index in [2.05, 4.69) is 54.2 Å². The summed E-state index contributed by atoms with van der Waals surface area (Å²) in [6.07, 6.45) is 9.64. The molecule has 1 saturated carbocycles. The maximum Gasteiger partial charge on any atom is 0.0348 e. The van der Waals surface area contributed by atoms with Crippen LogP contribution < -0.4 is 5.32 Å². The normalized spacial score (nSPS) is 23.4. The molecule has 2 rings (SSSR count). The average Bonchev–Trinajstić information content (AvgIpc) is 2.62. The average molecular weight is 338 g/mol. The zero-order valence-corrected chi connectivity index (χ0v) is 14.7. The highest BCUT2D eigenvalue weighted by molar-refractivity contribution is 9.10. The maximum absolute atomic E-state index is 3.77. The molecule has 1 aromatic rings. The fraction of sp³-hybridized carbons (Fsp3) is 0.667. The molecule has 112 valence electrons. The van der Waals surface area contributed by atoms with Crippen LogP contribution in [0.4, 0.5) is 5.69 Å². The fourth-order valence-corrected chi connectivity index (χ4v) is 3.71. The Kier molecular flexibility index (Phi) is 5.95. The van der Waals surface area contributed by atoms with Crippen LogP contribution in [0.5, 0.6) is 0 Å². The topological polar surface area (TPSA) is 12.0 Å². The third-order valence-electron chi connectivity index (χ3n) is 4.59. The first kappa shape index (κ1) is 15.9. The van der Waals surface area contributed by atoms with Crippen LogP contribution in [-0.4, -0.2) is 6.04 Å². The first-order chi connectivity index (χ1) is 9.60. The van der Waals surface area contributed by atoms with E-state index in [0.29, 0.717) is 6.04 Å². The predicted molar refractivity (Wildman–Crippen MR) is 92.5 cm³/mol. The van der Waals surface area contributed by atoms with Crippen molar-refractivity contribution in [2.24, 2.45) is 5.92 Å². The van der Waals surface area contributed by atoms with Crippen LogP contribution >= 0.6 is 15.9 Å². The molecule has 0 aromatic heterocycles. The van der Waals surface area contributed by atoms with Crippen LogP contribution in [0.3, 0.4) is 0 Å². The van der Waals surface area contributed by atoms with E-state index in [-0.39, 0.29) is 0 Å². The molecule has 0 saturated heterocycles. The molecule has 2 atom stereocenters. The summed E-state index contributed by atoms with van der Waals surface area (Å²) < 4.78 is 1.24. The summed E-state index contributed by atoms with van der Waals surface area (Å²) in [7, 11) is 0. The highest BCUT2D eigenvalue weighted by Gasteiger charge is 2.18. The van der Waals surface area contributed by atoms with E-state index < -0.39 is 0 Å². The largest absolute Gasteiger partial charge is 0.382 e. The van der Waals surface area contributed by atoms with Crippen molar-refractivity contribution < 1.29 is 0 Å². The lowest BCUT2D eigenvalue weighted by atomic mass is 9.95. The van der Waals surface area contributed by atoms with Crippen LogP contribution in [0.15, 0.2) is 16.6 Å². The molecular formula is C18H28BrN. The summed E-state index contributed by atoms with van der Waals surface area (Å²) in [5.41, 5.74) is 3.94. The van der Waals surface area contributed by atoms with Crippen molar-refractivity contribution in [3.8, 4) is 0 Å². The number of hydrogen-bond donors (Lipinski definition) is 1. The number of benzene rings is 1. The van der Waals surface area contributed by atoms with Crippen molar-refractivity contribution in [3.05, 3.63) is 27.7 Å². The number of halogens is 1. The van der Waals surface area contributed by atoms with Crippen molar-refractivity contribution in [2.75, 3.05) is 5.32 Å². The van der Waals surface area contributed by atoms with Crippen LogP contribution in [0.25, 0.3) is 0 Å². The standard InChI is InChI=1S/C18H28BrN/c1-4-6-15-7-5-8-16(10-9-15)20-17-11-13(2)18(19)14(3)12-17/h11-12,15-16,20H,4-10H2,1-3H3. The summed E-state index contributed by atoms with van der Waals surface area (Å²) >= 11 is 3.65. The van der Waals surface area contributed by atoms with E-state index in [9.17, 15) is 0 Å². The second-order valence-corrected chi connectivity index (χ2v) is 7.22. The molecular weight excluding hydrogens is 310 g/mol. The van der Waals surface area contributed by atoms with Crippen molar-refractivity contribution in [2.45, 2.75) is 71.8 Å². The molecule has 1 aliphatic carbocycles. The lowest BCUT2D eigenvalue weighted by Gasteiger charge is -2.19. The SMILES string of the molecule is CCCC1CCCC(Nc2cc(C)c(Br)c(C)c2)CC1. The van der Waals surface area contributed by atoms with Gasteiger partial charge in [-0.15, -0.1) is 0 Å². The Bertz CT molecular complexity index is 418. The molecule has 1 aliphatic rings. The van der Waals surface area contributed by atoms with Gasteiger partial charge in [-0.1, -0.05) is 48.5 Å².